The van der Waals surface area contributed by atoms with Gasteiger partial charge in [-0.15, -0.1) is 0 Å². The van der Waals surface area contributed by atoms with E-state index in [-0.39, 0.29) is 32.0 Å². The van der Waals surface area contributed by atoms with Gasteiger partial charge in [0.05, 0.1) is 27.7 Å². The SMILES string of the molecule is CCCCCCCCCCCCCCCC(=O)O[C@H](COC(=O)CCCCCCCCCCC)COP(=O)([O-])OCC[N+](C)(C)C. The third-order valence-corrected chi connectivity index (χ3v) is 9.09. The summed E-state index contributed by atoms with van der Waals surface area (Å²) < 4.78 is 33.7. The molecule has 1 unspecified atom stereocenters. The van der Waals surface area contributed by atoms with Gasteiger partial charge in [-0.1, -0.05) is 142 Å². The van der Waals surface area contributed by atoms with E-state index in [0.29, 0.717) is 17.4 Å². The maximum Gasteiger partial charge on any atom is 0.306 e. The third-order valence-electron chi connectivity index (χ3n) is 8.13. The zero-order valence-electron chi connectivity index (χ0n) is 30.5. The van der Waals surface area contributed by atoms with Gasteiger partial charge in [0.25, 0.3) is 7.82 Å². The summed E-state index contributed by atoms with van der Waals surface area (Å²) in [6.07, 6.45) is 25.6. The van der Waals surface area contributed by atoms with Crippen molar-refractivity contribution in [3.8, 4) is 0 Å². The first-order valence-electron chi connectivity index (χ1n) is 18.7. The number of rotatable bonds is 34. The van der Waals surface area contributed by atoms with Gasteiger partial charge in [0.2, 0.25) is 0 Å². The van der Waals surface area contributed by atoms with Gasteiger partial charge in [-0.05, 0) is 12.8 Å². The fraction of sp³-hybridized carbons (Fsp3) is 0.944. The van der Waals surface area contributed by atoms with Crippen molar-refractivity contribution >= 4 is 19.8 Å². The lowest BCUT2D eigenvalue weighted by atomic mass is 10.0. The van der Waals surface area contributed by atoms with Crippen molar-refractivity contribution in [2.24, 2.45) is 0 Å². The molecule has 0 aliphatic carbocycles. The number of phosphoric acid groups is 1. The van der Waals surface area contributed by atoms with Crippen molar-refractivity contribution < 1.29 is 42.1 Å². The van der Waals surface area contributed by atoms with Gasteiger partial charge >= 0.3 is 11.9 Å². The van der Waals surface area contributed by atoms with Crippen LogP contribution in [0, 0.1) is 0 Å². The fourth-order valence-corrected chi connectivity index (χ4v) is 5.85. The van der Waals surface area contributed by atoms with Crippen molar-refractivity contribution in [2.45, 2.75) is 174 Å². The van der Waals surface area contributed by atoms with Crippen molar-refractivity contribution in [3.63, 3.8) is 0 Å². The molecule has 0 spiro atoms. The van der Waals surface area contributed by atoms with Crippen LogP contribution < -0.4 is 4.89 Å². The molecule has 9 nitrogen and oxygen atoms in total. The molecule has 0 saturated heterocycles. The molecule has 10 heteroatoms. The number of unbranched alkanes of at least 4 members (excludes halogenated alkanes) is 20. The van der Waals surface area contributed by atoms with Crippen LogP contribution in [0.1, 0.15) is 168 Å². The number of carbonyl (C=O) groups excluding carboxylic acids is 2. The van der Waals surface area contributed by atoms with E-state index in [1.165, 1.54) is 103 Å². The maximum absolute atomic E-state index is 12.6. The van der Waals surface area contributed by atoms with E-state index in [9.17, 15) is 19.0 Å². The Labute approximate surface area is 283 Å². The van der Waals surface area contributed by atoms with Gasteiger partial charge in [-0.2, -0.15) is 0 Å². The molecule has 0 N–H and O–H groups in total. The number of hydrogen-bond acceptors (Lipinski definition) is 8. The maximum atomic E-state index is 12.6. The predicted molar refractivity (Wildman–Crippen MR) is 185 cm³/mol. The van der Waals surface area contributed by atoms with Crippen LogP contribution in [0.2, 0.25) is 0 Å². The van der Waals surface area contributed by atoms with Gasteiger partial charge in [-0.25, -0.2) is 0 Å². The number of esters is 2. The molecular weight excluding hydrogens is 605 g/mol. The first-order valence-corrected chi connectivity index (χ1v) is 20.2. The average Bonchev–Trinajstić information content (AvgIpc) is 2.99. The lowest BCUT2D eigenvalue weighted by molar-refractivity contribution is -0.870. The van der Waals surface area contributed by atoms with E-state index >= 15 is 0 Å². The number of carbonyl (C=O) groups is 2. The molecule has 0 aliphatic rings. The predicted octanol–water partition coefficient (Wildman–Crippen LogP) is 9.05. The minimum atomic E-state index is -4.60. The molecule has 0 aromatic rings. The minimum Gasteiger partial charge on any atom is -0.756 e. The van der Waals surface area contributed by atoms with E-state index < -0.39 is 26.5 Å². The second-order valence-corrected chi connectivity index (χ2v) is 15.4. The first kappa shape index (κ1) is 45.0. The van der Waals surface area contributed by atoms with Crippen molar-refractivity contribution in [3.05, 3.63) is 0 Å². The molecule has 2 atom stereocenters. The second kappa shape index (κ2) is 30.1. The summed E-state index contributed by atoms with van der Waals surface area (Å²) in [5.41, 5.74) is 0. The van der Waals surface area contributed by atoms with Crippen LogP contribution >= 0.6 is 7.82 Å². The molecule has 0 aliphatic heterocycles. The fourth-order valence-electron chi connectivity index (χ4n) is 5.12. The Morgan fingerprint density at radius 3 is 1.39 bits per heavy atom. The second-order valence-electron chi connectivity index (χ2n) is 14.0. The molecule has 0 aromatic heterocycles. The third kappa shape index (κ3) is 32.9. The number of hydrogen-bond donors (Lipinski definition) is 0. The Morgan fingerprint density at radius 2 is 0.978 bits per heavy atom. The van der Waals surface area contributed by atoms with Crippen LogP contribution in [0.25, 0.3) is 0 Å². The standard InChI is InChI=1S/C36H72NO8P/c1-6-8-10-12-14-16-17-18-19-21-23-25-27-29-36(39)45-34(33-44-46(40,41)43-31-30-37(3,4)5)32-42-35(38)28-26-24-22-20-15-13-11-9-7-2/h34H,6-33H2,1-5H3/t34-/m1/s1. The summed E-state index contributed by atoms with van der Waals surface area (Å²) >= 11 is 0. The molecule has 0 rings (SSSR count). The number of likely N-dealkylation sites (N-methyl/N-ethyl adjacent to an activating group) is 1. The molecule has 0 aromatic carbocycles. The van der Waals surface area contributed by atoms with Gasteiger partial charge < -0.3 is 27.9 Å². The summed E-state index contributed by atoms with van der Waals surface area (Å²) in [5.74, 6) is -0.830. The van der Waals surface area contributed by atoms with Crippen molar-refractivity contribution in [2.75, 3.05) is 47.5 Å². The van der Waals surface area contributed by atoms with E-state index in [0.717, 1.165) is 32.1 Å². The molecule has 46 heavy (non-hydrogen) atoms. The average molecular weight is 678 g/mol. The van der Waals surface area contributed by atoms with Crippen LogP contribution in [-0.4, -0.2) is 70.0 Å². The topological polar surface area (TPSA) is 111 Å². The number of nitrogens with zero attached hydrogens (tertiary/aromatic N) is 1. The molecule has 0 amide bonds. The summed E-state index contributed by atoms with van der Waals surface area (Å²) in [6.45, 7) is 4.20. The van der Waals surface area contributed by atoms with Gasteiger partial charge in [0, 0.05) is 12.8 Å². The first-order chi connectivity index (χ1) is 22.0. The smallest absolute Gasteiger partial charge is 0.306 e. The van der Waals surface area contributed by atoms with E-state index in [2.05, 4.69) is 13.8 Å². The van der Waals surface area contributed by atoms with Crippen LogP contribution in [0.5, 0.6) is 0 Å². The summed E-state index contributed by atoms with van der Waals surface area (Å²) in [7, 11) is 1.17. The van der Waals surface area contributed by atoms with Gasteiger partial charge in [-0.3, -0.25) is 14.2 Å². The van der Waals surface area contributed by atoms with E-state index in [1.54, 1.807) is 0 Å². The van der Waals surface area contributed by atoms with Gasteiger partial charge in [0.15, 0.2) is 6.10 Å². The Hall–Kier alpha value is -0.990. The van der Waals surface area contributed by atoms with Crippen LogP contribution in [0.3, 0.4) is 0 Å². The highest BCUT2D eigenvalue weighted by molar-refractivity contribution is 7.45. The van der Waals surface area contributed by atoms with Crippen LogP contribution in [-0.2, 0) is 32.7 Å². The highest BCUT2D eigenvalue weighted by atomic mass is 31.2. The largest absolute Gasteiger partial charge is 0.756 e. The van der Waals surface area contributed by atoms with Crippen molar-refractivity contribution in [1.29, 1.82) is 0 Å². The monoisotopic (exact) mass is 677 g/mol. The van der Waals surface area contributed by atoms with Gasteiger partial charge in [0.1, 0.15) is 19.8 Å². The summed E-state index contributed by atoms with van der Waals surface area (Å²) in [5, 5.41) is 0. The van der Waals surface area contributed by atoms with Crippen LogP contribution in [0.15, 0.2) is 0 Å². The molecule has 0 fully saturated rings. The lowest BCUT2D eigenvalue weighted by Gasteiger charge is -2.28. The normalized spacial score (nSPS) is 13.8. The summed E-state index contributed by atoms with van der Waals surface area (Å²) in [4.78, 5) is 37.2. The summed E-state index contributed by atoms with van der Waals surface area (Å²) in [6, 6.07) is 0. The molecule has 0 saturated carbocycles. The van der Waals surface area contributed by atoms with Crippen LogP contribution in [0.4, 0.5) is 0 Å². The number of phosphoric ester groups is 1. The Bertz CT molecular complexity index is 774. The molecule has 0 radical (unpaired) electrons. The molecular formula is C36H72NO8P. The number of quaternary nitrogens is 1. The lowest BCUT2D eigenvalue weighted by Crippen LogP contribution is -2.37. The molecule has 274 valence electrons. The number of ether oxygens (including phenoxy) is 2. The highest BCUT2D eigenvalue weighted by Crippen LogP contribution is 2.38. The zero-order valence-corrected chi connectivity index (χ0v) is 31.4. The quantitative estimate of drug-likeness (QED) is 0.0287. The van der Waals surface area contributed by atoms with E-state index in [1.807, 2.05) is 21.1 Å². The van der Waals surface area contributed by atoms with Crippen molar-refractivity contribution in [1.82, 2.24) is 0 Å². The Morgan fingerprint density at radius 1 is 0.587 bits per heavy atom. The zero-order chi connectivity index (χ0) is 34.4. The molecule has 0 heterocycles. The van der Waals surface area contributed by atoms with E-state index in [4.69, 9.17) is 18.5 Å². The Kier molecular flexibility index (Phi) is 29.4. The minimum absolute atomic E-state index is 0.0263. The highest BCUT2D eigenvalue weighted by Gasteiger charge is 2.21. The molecule has 0 bridgehead atoms. The Balaban J connectivity index is 4.42.